The fraction of sp³-hybridized carbons (Fsp3) is 0.900. The Morgan fingerprint density at radius 1 is 0.875 bits per heavy atom. The average molecular weight is 338 g/mol. The van der Waals surface area contributed by atoms with Crippen LogP contribution in [-0.2, 0) is 19.1 Å². The molecule has 0 aromatic rings. The van der Waals surface area contributed by atoms with Crippen LogP contribution in [0.15, 0.2) is 0 Å². The largest absolute Gasteiger partial charge is 0.460 e. The molecule has 0 heterocycles. The number of ether oxygens (including phenoxy) is 2. The van der Waals surface area contributed by atoms with E-state index in [9.17, 15) is 9.59 Å². The van der Waals surface area contributed by atoms with Crippen LogP contribution in [0.2, 0.25) is 0 Å². The average Bonchev–Trinajstić information content (AvgIpc) is 2.81. The van der Waals surface area contributed by atoms with E-state index in [0.29, 0.717) is 18.3 Å². The van der Waals surface area contributed by atoms with Crippen LogP contribution in [0.3, 0.4) is 0 Å². The molecule has 138 valence electrons. The first-order chi connectivity index (χ1) is 11.0. The van der Waals surface area contributed by atoms with Crippen molar-refractivity contribution in [1.82, 2.24) is 0 Å². The van der Waals surface area contributed by atoms with Crippen molar-refractivity contribution >= 4 is 11.9 Å². The number of rotatable bonds is 3. The van der Waals surface area contributed by atoms with Crippen molar-refractivity contribution in [2.45, 2.75) is 91.3 Å². The van der Waals surface area contributed by atoms with E-state index in [1.165, 1.54) is 12.8 Å². The Balaban J connectivity index is 2.12. The highest BCUT2D eigenvalue weighted by Crippen LogP contribution is 2.49. The third-order valence-electron chi connectivity index (χ3n) is 5.12. The lowest BCUT2D eigenvalue weighted by Gasteiger charge is -2.39. The monoisotopic (exact) mass is 338 g/mol. The summed E-state index contributed by atoms with van der Waals surface area (Å²) in [5.74, 6) is 0.579. The minimum absolute atomic E-state index is 0.0500. The molecular formula is C20H34O4. The van der Waals surface area contributed by atoms with E-state index in [1.54, 1.807) is 0 Å². The smallest absolute Gasteiger partial charge is 0.310 e. The SMILES string of the molecule is CC(C)(C)OC(=O)C[C@@H]1CCC2CCC[C@H]2[C@@H]1C(=O)OC(C)(C)C. The van der Waals surface area contributed by atoms with Crippen molar-refractivity contribution < 1.29 is 19.1 Å². The Bertz CT molecular complexity index is 469. The van der Waals surface area contributed by atoms with Crippen LogP contribution in [0, 0.1) is 23.7 Å². The topological polar surface area (TPSA) is 52.6 Å². The second kappa shape index (κ2) is 7.05. The fourth-order valence-corrected chi connectivity index (χ4v) is 4.42. The molecule has 24 heavy (non-hydrogen) atoms. The van der Waals surface area contributed by atoms with Gasteiger partial charge in [-0.3, -0.25) is 9.59 Å². The summed E-state index contributed by atoms with van der Waals surface area (Å²) in [7, 11) is 0. The molecule has 0 aromatic carbocycles. The molecule has 4 atom stereocenters. The second-order valence-corrected chi connectivity index (χ2v) is 9.54. The van der Waals surface area contributed by atoms with Crippen molar-refractivity contribution in [3.05, 3.63) is 0 Å². The predicted octanol–water partition coefficient (Wildman–Crippen LogP) is 4.50. The number of hydrogen-bond acceptors (Lipinski definition) is 4. The van der Waals surface area contributed by atoms with Gasteiger partial charge in [0.15, 0.2) is 0 Å². The molecule has 1 unspecified atom stereocenters. The van der Waals surface area contributed by atoms with Crippen molar-refractivity contribution in [1.29, 1.82) is 0 Å². The Morgan fingerprint density at radius 2 is 1.50 bits per heavy atom. The number of carbonyl (C=O) groups is 2. The highest BCUT2D eigenvalue weighted by atomic mass is 16.6. The number of carbonyl (C=O) groups excluding carboxylic acids is 2. The van der Waals surface area contributed by atoms with Crippen LogP contribution in [-0.4, -0.2) is 23.1 Å². The van der Waals surface area contributed by atoms with Crippen molar-refractivity contribution in [2.24, 2.45) is 23.7 Å². The van der Waals surface area contributed by atoms with Gasteiger partial charge < -0.3 is 9.47 Å². The van der Waals surface area contributed by atoms with E-state index in [2.05, 4.69) is 0 Å². The lowest BCUT2D eigenvalue weighted by molar-refractivity contribution is -0.169. The number of esters is 2. The van der Waals surface area contributed by atoms with Gasteiger partial charge in [0.25, 0.3) is 0 Å². The lowest BCUT2D eigenvalue weighted by atomic mass is 9.67. The standard InChI is InChI=1S/C20H34O4/c1-19(2,3)23-16(21)12-14-11-10-13-8-7-9-15(13)17(14)18(22)24-20(4,5)6/h13-15,17H,7-12H2,1-6H3/t13?,14-,15+,17+/m0/s1. The van der Waals surface area contributed by atoms with Gasteiger partial charge in [-0.05, 0) is 78.6 Å². The summed E-state index contributed by atoms with van der Waals surface area (Å²) in [6, 6.07) is 0. The second-order valence-electron chi connectivity index (χ2n) is 9.54. The van der Waals surface area contributed by atoms with Crippen LogP contribution in [0.1, 0.15) is 80.1 Å². The maximum atomic E-state index is 12.9. The molecular weight excluding hydrogens is 304 g/mol. The number of fused-ring (bicyclic) bond motifs is 1. The number of hydrogen-bond donors (Lipinski definition) is 0. The molecule has 0 spiro atoms. The van der Waals surface area contributed by atoms with E-state index in [4.69, 9.17) is 9.47 Å². The zero-order valence-electron chi connectivity index (χ0n) is 16.2. The summed E-state index contributed by atoms with van der Waals surface area (Å²) < 4.78 is 11.2. The highest BCUT2D eigenvalue weighted by molar-refractivity contribution is 5.76. The first-order valence-electron chi connectivity index (χ1n) is 9.41. The van der Waals surface area contributed by atoms with Gasteiger partial charge in [0, 0.05) is 6.42 Å². The summed E-state index contributed by atoms with van der Waals surface area (Å²) in [5.41, 5.74) is -0.970. The van der Waals surface area contributed by atoms with Gasteiger partial charge in [0.05, 0.1) is 5.92 Å². The Labute approximate surface area is 146 Å². The normalized spacial score (nSPS) is 30.6. The highest BCUT2D eigenvalue weighted by Gasteiger charge is 2.47. The van der Waals surface area contributed by atoms with Gasteiger partial charge in [-0.15, -0.1) is 0 Å². The first kappa shape index (κ1) is 19.3. The lowest BCUT2D eigenvalue weighted by Crippen LogP contribution is -2.42. The van der Waals surface area contributed by atoms with Crippen molar-refractivity contribution in [3.63, 3.8) is 0 Å². The molecule has 0 amide bonds. The molecule has 0 aliphatic heterocycles. The zero-order valence-corrected chi connectivity index (χ0v) is 16.2. The van der Waals surface area contributed by atoms with Gasteiger partial charge in [-0.25, -0.2) is 0 Å². The van der Waals surface area contributed by atoms with Gasteiger partial charge in [-0.2, -0.15) is 0 Å². The quantitative estimate of drug-likeness (QED) is 0.711. The molecule has 0 bridgehead atoms. The molecule has 0 saturated heterocycles. The summed E-state index contributed by atoms with van der Waals surface area (Å²) >= 11 is 0. The molecule has 0 aromatic heterocycles. The molecule has 4 heteroatoms. The summed E-state index contributed by atoms with van der Waals surface area (Å²) in [6.07, 6.45) is 5.85. The fourth-order valence-electron chi connectivity index (χ4n) is 4.42. The molecule has 2 aliphatic rings. The molecule has 2 fully saturated rings. The minimum Gasteiger partial charge on any atom is -0.460 e. The van der Waals surface area contributed by atoms with Gasteiger partial charge in [-0.1, -0.05) is 12.8 Å². The predicted molar refractivity (Wildman–Crippen MR) is 93.4 cm³/mol. The molecule has 0 N–H and O–H groups in total. The summed E-state index contributed by atoms with van der Waals surface area (Å²) in [6.45, 7) is 11.4. The first-order valence-corrected chi connectivity index (χ1v) is 9.41. The van der Waals surface area contributed by atoms with Gasteiger partial charge in [0.1, 0.15) is 11.2 Å². The molecule has 2 saturated carbocycles. The van der Waals surface area contributed by atoms with Crippen molar-refractivity contribution in [2.75, 3.05) is 0 Å². The Kier molecular flexibility index (Phi) is 5.66. The van der Waals surface area contributed by atoms with E-state index in [1.807, 2.05) is 41.5 Å². The molecule has 2 aliphatic carbocycles. The maximum Gasteiger partial charge on any atom is 0.310 e. The van der Waals surface area contributed by atoms with Gasteiger partial charge in [0.2, 0.25) is 0 Å². The van der Waals surface area contributed by atoms with E-state index >= 15 is 0 Å². The van der Waals surface area contributed by atoms with Crippen LogP contribution in [0.25, 0.3) is 0 Å². The Morgan fingerprint density at radius 3 is 2.08 bits per heavy atom. The minimum atomic E-state index is -0.487. The maximum absolute atomic E-state index is 12.9. The van der Waals surface area contributed by atoms with E-state index in [0.717, 1.165) is 19.3 Å². The summed E-state index contributed by atoms with van der Waals surface area (Å²) in [4.78, 5) is 25.2. The van der Waals surface area contributed by atoms with Crippen LogP contribution >= 0.6 is 0 Å². The van der Waals surface area contributed by atoms with Crippen molar-refractivity contribution in [3.8, 4) is 0 Å². The van der Waals surface area contributed by atoms with Crippen LogP contribution < -0.4 is 0 Å². The molecule has 0 radical (unpaired) electrons. The van der Waals surface area contributed by atoms with E-state index < -0.39 is 11.2 Å². The summed E-state index contributed by atoms with van der Waals surface area (Å²) in [5, 5.41) is 0. The zero-order chi connectivity index (χ0) is 18.1. The van der Waals surface area contributed by atoms with E-state index in [-0.39, 0.29) is 23.8 Å². The van der Waals surface area contributed by atoms with Crippen LogP contribution in [0.4, 0.5) is 0 Å². The molecule has 2 rings (SSSR count). The third kappa shape index (κ3) is 5.22. The van der Waals surface area contributed by atoms with Crippen LogP contribution in [0.5, 0.6) is 0 Å². The van der Waals surface area contributed by atoms with Gasteiger partial charge >= 0.3 is 11.9 Å². The molecule has 4 nitrogen and oxygen atoms in total. The Hall–Kier alpha value is -1.06. The third-order valence-corrected chi connectivity index (χ3v) is 5.12.